The minimum Gasteiger partial charge on any atom is -0.484 e. The zero-order chi connectivity index (χ0) is 20.1. The van der Waals surface area contributed by atoms with Crippen LogP contribution in [0.3, 0.4) is 0 Å². The lowest BCUT2D eigenvalue weighted by Gasteiger charge is -2.71. The normalized spacial score (nSPS) is 37.7. The van der Waals surface area contributed by atoms with Crippen molar-refractivity contribution in [3.8, 4) is 5.75 Å². The number of carbonyl (C=O) groups is 1. The van der Waals surface area contributed by atoms with Crippen molar-refractivity contribution in [3.05, 3.63) is 29.0 Å². The molecule has 158 valence electrons. The number of benzene rings is 1. The maximum atomic E-state index is 13.4. The average Bonchev–Trinajstić information content (AvgIpc) is 2.66. The minimum absolute atomic E-state index is 0.0349. The number of hydrogen-bond acceptors (Lipinski definition) is 6. The van der Waals surface area contributed by atoms with Crippen molar-refractivity contribution in [2.45, 2.75) is 55.0 Å². The van der Waals surface area contributed by atoms with E-state index in [1.807, 2.05) is 0 Å². The Hall–Kier alpha value is -1.45. The van der Waals surface area contributed by atoms with E-state index >= 15 is 0 Å². The first-order valence-electron chi connectivity index (χ1n) is 10.3. The van der Waals surface area contributed by atoms with Gasteiger partial charge in [0.2, 0.25) is 0 Å². The van der Waals surface area contributed by atoms with E-state index in [1.54, 1.807) is 6.07 Å². The average molecular weight is 424 g/mol. The van der Waals surface area contributed by atoms with Crippen molar-refractivity contribution < 1.29 is 13.9 Å². The molecule has 5 aliphatic rings. The Morgan fingerprint density at radius 1 is 1.21 bits per heavy atom. The van der Waals surface area contributed by atoms with Gasteiger partial charge >= 0.3 is 0 Å². The predicted octanol–water partition coefficient (Wildman–Crippen LogP) is 0.488. The number of hydrogen-bond donors (Lipinski definition) is 5. The highest BCUT2D eigenvalue weighted by atomic mass is 35.5. The van der Waals surface area contributed by atoms with Crippen LogP contribution >= 0.6 is 11.6 Å². The van der Waals surface area contributed by atoms with Crippen LogP contribution in [0.15, 0.2) is 18.2 Å². The van der Waals surface area contributed by atoms with Crippen LogP contribution in [0, 0.1) is 5.82 Å². The Kier molecular flexibility index (Phi) is 4.95. The van der Waals surface area contributed by atoms with Gasteiger partial charge in [-0.05, 0) is 37.8 Å². The SMILES string of the molecule is O=C(COc1ccc(Cl)c(F)c1)NC12CC(NC3CNC4NCCNC4C3)(C1)C2. The highest BCUT2D eigenvalue weighted by molar-refractivity contribution is 6.30. The van der Waals surface area contributed by atoms with E-state index in [-0.39, 0.29) is 28.6 Å². The van der Waals surface area contributed by atoms with Crippen molar-refractivity contribution >= 4 is 17.5 Å². The molecule has 29 heavy (non-hydrogen) atoms. The summed E-state index contributed by atoms with van der Waals surface area (Å²) in [6.45, 7) is 2.86. The molecule has 1 amide bonds. The lowest BCUT2D eigenvalue weighted by atomic mass is 9.44. The molecule has 2 bridgehead atoms. The number of amides is 1. The third kappa shape index (κ3) is 3.84. The molecule has 3 unspecified atom stereocenters. The zero-order valence-corrected chi connectivity index (χ0v) is 16.9. The molecule has 0 spiro atoms. The number of piperidine rings is 1. The first-order chi connectivity index (χ1) is 13.9. The van der Waals surface area contributed by atoms with Gasteiger partial charge in [0.05, 0.1) is 11.2 Å². The van der Waals surface area contributed by atoms with Crippen LogP contribution < -0.4 is 31.3 Å². The van der Waals surface area contributed by atoms with Crippen LogP contribution in [0.5, 0.6) is 5.75 Å². The van der Waals surface area contributed by atoms with E-state index in [9.17, 15) is 9.18 Å². The van der Waals surface area contributed by atoms with Gasteiger partial charge in [-0.25, -0.2) is 4.39 Å². The molecule has 5 fully saturated rings. The molecule has 9 heteroatoms. The Morgan fingerprint density at radius 3 is 2.79 bits per heavy atom. The van der Waals surface area contributed by atoms with Crippen LogP contribution in [0.2, 0.25) is 5.02 Å². The maximum absolute atomic E-state index is 13.4. The van der Waals surface area contributed by atoms with Crippen LogP contribution in [-0.2, 0) is 4.79 Å². The number of rotatable bonds is 6. The summed E-state index contributed by atoms with van der Waals surface area (Å²) < 4.78 is 18.8. The number of fused-ring (bicyclic) bond motifs is 1. The highest BCUT2D eigenvalue weighted by Crippen LogP contribution is 2.60. The molecular formula is C20H27ClFN5O2. The standard InChI is InChI=1S/C20H27ClFN5O2/c21-14-2-1-13(6-15(14)22)29-8-17(28)27-20-9-19(10-20,11-20)26-12-5-16-18(25-7-12)24-4-3-23-16/h1-2,6,12,16,18,23-26H,3-5,7-11H2,(H,27,28). The van der Waals surface area contributed by atoms with Crippen LogP contribution in [-0.4, -0.2) is 61.5 Å². The van der Waals surface area contributed by atoms with Gasteiger partial charge < -0.3 is 20.7 Å². The number of nitrogens with one attached hydrogen (secondary N) is 5. The number of ether oxygens (including phenoxy) is 1. The van der Waals surface area contributed by atoms with Gasteiger partial charge in [-0.15, -0.1) is 0 Å². The van der Waals surface area contributed by atoms with E-state index in [4.69, 9.17) is 16.3 Å². The molecular weight excluding hydrogens is 397 g/mol. The molecule has 2 aliphatic heterocycles. The van der Waals surface area contributed by atoms with Gasteiger partial charge in [0, 0.05) is 48.9 Å². The van der Waals surface area contributed by atoms with Crippen LogP contribution in [0.4, 0.5) is 4.39 Å². The molecule has 6 rings (SSSR count). The number of piperazine rings is 1. The number of carbonyl (C=O) groups excluding carboxylic acids is 1. The van der Waals surface area contributed by atoms with Gasteiger partial charge in [-0.1, -0.05) is 11.6 Å². The van der Waals surface area contributed by atoms with E-state index in [1.165, 1.54) is 12.1 Å². The Bertz CT molecular complexity index is 789. The topological polar surface area (TPSA) is 86.5 Å². The zero-order valence-electron chi connectivity index (χ0n) is 16.2. The van der Waals surface area contributed by atoms with Crippen molar-refractivity contribution in [2.24, 2.45) is 0 Å². The van der Waals surface area contributed by atoms with Crippen molar-refractivity contribution in [3.63, 3.8) is 0 Å². The molecule has 3 aliphatic carbocycles. The summed E-state index contributed by atoms with van der Waals surface area (Å²) in [6.07, 6.45) is 4.35. The molecule has 0 radical (unpaired) electrons. The van der Waals surface area contributed by atoms with Crippen molar-refractivity contribution in [1.29, 1.82) is 0 Å². The summed E-state index contributed by atoms with van der Waals surface area (Å²) in [4.78, 5) is 12.3. The lowest BCUT2D eigenvalue weighted by molar-refractivity contribution is -0.145. The van der Waals surface area contributed by atoms with E-state index in [2.05, 4.69) is 26.6 Å². The fraction of sp³-hybridized carbons (Fsp3) is 0.650. The molecule has 1 aromatic rings. The second-order valence-corrected chi connectivity index (χ2v) is 9.39. The summed E-state index contributed by atoms with van der Waals surface area (Å²) in [6, 6.07) is 5.07. The lowest BCUT2D eigenvalue weighted by Crippen LogP contribution is -2.85. The van der Waals surface area contributed by atoms with Gasteiger partial charge in [-0.3, -0.25) is 15.4 Å². The maximum Gasteiger partial charge on any atom is 0.258 e. The van der Waals surface area contributed by atoms with Crippen molar-refractivity contribution in [2.75, 3.05) is 26.2 Å². The molecule has 3 atom stereocenters. The first-order valence-corrected chi connectivity index (χ1v) is 10.7. The van der Waals surface area contributed by atoms with E-state index in [0.717, 1.165) is 45.3 Å². The van der Waals surface area contributed by atoms with Gasteiger partial charge in [0.15, 0.2) is 6.61 Å². The number of halogens is 2. The highest BCUT2D eigenvalue weighted by Gasteiger charge is 2.68. The van der Waals surface area contributed by atoms with Crippen LogP contribution in [0.25, 0.3) is 0 Å². The molecule has 0 aromatic heterocycles. The quantitative estimate of drug-likeness (QED) is 0.458. The second kappa shape index (κ2) is 7.35. The van der Waals surface area contributed by atoms with Crippen molar-refractivity contribution in [1.82, 2.24) is 26.6 Å². The fourth-order valence-corrected chi connectivity index (χ4v) is 5.62. The van der Waals surface area contributed by atoms with E-state index in [0.29, 0.717) is 24.0 Å². The monoisotopic (exact) mass is 423 g/mol. The predicted molar refractivity (Wildman–Crippen MR) is 107 cm³/mol. The smallest absolute Gasteiger partial charge is 0.258 e. The van der Waals surface area contributed by atoms with E-state index < -0.39 is 5.82 Å². The third-order valence-electron chi connectivity index (χ3n) is 6.63. The van der Waals surface area contributed by atoms with Gasteiger partial charge in [0.1, 0.15) is 11.6 Å². The Morgan fingerprint density at radius 2 is 2.00 bits per heavy atom. The fourth-order valence-electron chi connectivity index (χ4n) is 5.50. The van der Waals surface area contributed by atoms with Gasteiger partial charge in [0.25, 0.3) is 5.91 Å². The largest absolute Gasteiger partial charge is 0.484 e. The molecule has 1 aromatic carbocycles. The summed E-state index contributed by atoms with van der Waals surface area (Å²) >= 11 is 5.65. The molecule has 5 N–H and O–H groups in total. The second-order valence-electron chi connectivity index (χ2n) is 8.98. The third-order valence-corrected chi connectivity index (χ3v) is 6.93. The summed E-state index contributed by atoms with van der Waals surface area (Å²) in [5, 5.41) is 17.6. The van der Waals surface area contributed by atoms with Gasteiger partial charge in [-0.2, -0.15) is 0 Å². The Labute approximate surface area is 174 Å². The first kappa shape index (κ1) is 19.5. The van der Waals surface area contributed by atoms with Crippen LogP contribution in [0.1, 0.15) is 25.7 Å². The Balaban J connectivity index is 1.05. The molecule has 2 heterocycles. The summed E-state index contributed by atoms with van der Waals surface area (Å²) in [7, 11) is 0. The molecule has 3 saturated carbocycles. The molecule has 2 saturated heterocycles. The minimum atomic E-state index is -0.556. The summed E-state index contributed by atoms with van der Waals surface area (Å²) in [5.41, 5.74) is 0.0582. The molecule has 7 nitrogen and oxygen atoms in total. The summed E-state index contributed by atoms with van der Waals surface area (Å²) in [5.74, 6) is -0.431.